The highest BCUT2D eigenvalue weighted by molar-refractivity contribution is 7.98. The molecule has 0 amide bonds. The van der Waals surface area contributed by atoms with Gasteiger partial charge in [0, 0.05) is 6.20 Å². The molecule has 0 spiro atoms. The molecular formula is C11H16N2O5S. The van der Waals surface area contributed by atoms with Gasteiger partial charge in [-0.1, -0.05) is 0 Å². The quantitative estimate of drug-likeness (QED) is 0.478. The molecule has 106 valence electrons. The third kappa shape index (κ3) is 2.54. The summed E-state index contributed by atoms with van der Waals surface area (Å²) < 4.78 is 6.43. The highest BCUT2D eigenvalue weighted by Crippen LogP contribution is 2.28. The molecular weight excluding hydrogens is 272 g/mol. The summed E-state index contributed by atoms with van der Waals surface area (Å²) in [5.41, 5.74) is 0.203. The second-order valence-electron chi connectivity index (χ2n) is 4.35. The molecule has 0 aromatic carbocycles. The largest absolute Gasteiger partial charge is 0.394 e. The number of nitrogens with zero attached hydrogens (tertiary/aromatic N) is 2. The van der Waals surface area contributed by atoms with Gasteiger partial charge in [-0.05, 0) is 18.7 Å². The Labute approximate surface area is 113 Å². The Morgan fingerprint density at radius 2 is 2.16 bits per heavy atom. The Bertz CT molecular complexity index is 520. The van der Waals surface area contributed by atoms with Crippen LogP contribution in [0.4, 0.5) is 0 Å². The minimum Gasteiger partial charge on any atom is -0.394 e. The molecule has 1 aliphatic heterocycles. The second-order valence-corrected chi connectivity index (χ2v) is 5.15. The number of aromatic nitrogens is 2. The zero-order valence-corrected chi connectivity index (χ0v) is 11.4. The lowest BCUT2D eigenvalue weighted by molar-refractivity contribution is -0.0552. The number of rotatable bonds is 3. The minimum absolute atomic E-state index is 0.432. The molecule has 0 unspecified atom stereocenters. The highest BCUT2D eigenvalue weighted by Gasteiger charge is 2.43. The van der Waals surface area contributed by atoms with Crippen LogP contribution in [0.15, 0.2) is 16.0 Å². The molecule has 0 saturated carbocycles. The average Bonchev–Trinajstić information content (AvgIpc) is 2.68. The van der Waals surface area contributed by atoms with Crippen molar-refractivity contribution in [2.45, 2.75) is 36.5 Å². The summed E-state index contributed by atoms with van der Waals surface area (Å²) in [6, 6.07) is 0. The fourth-order valence-corrected chi connectivity index (χ4v) is 2.59. The first-order chi connectivity index (χ1) is 8.99. The summed E-state index contributed by atoms with van der Waals surface area (Å²) in [6.45, 7) is 1.36. The van der Waals surface area contributed by atoms with E-state index in [1.807, 2.05) is 6.26 Å². The number of aliphatic hydroxyl groups is 3. The smallest absolute Gasteiger partial charge is 0.350 e. The van der Waals surface area contributed by atoms with Crippen LogP contribution in [0.5, 0.6) is 0 Å². The second kappa shape index (κ2) is 5.59. The van der Waals surface area contributed by atoms with Gasteiger partial charge in [0.1, 0.15) is 23.3 Å². The van der Waals surface area contributed by atoms with Gasteiger partial charge in [-0.25, -0.2) is 4.79 Å². The summed E-state index contributed by atoms with van der Waals surface area (Å²) in [7, 11) is 0. The number of aliphatic hydroxyl groups excluding tert-OH is 3. The van der Waals surface area contributed by atoms with Gasteiger partial charge < -0.3 is 20.1 Å². The molecule has 0 radical (unpaired) electrons. The van der Waals surface area contributed by atoms with Crippen LogP contribution in [0.3, 0.4) is 0 Å². The summed E-state index contributed by atoms with van der Waals surface area (Å²) in [5, 5.41) is 29.2. The van der Waals surface area contributed by atoms with Gasteiger partial charge in [0.25, 0.3) is 0 Å². The van der Waals surface area contributed by atoms with E-state index in [4.69, 9.17) is 9.84 Å². The number of hydrogen-bond donors (Lipinski definition) is 3. The molecule has 0 bridgehead atoms. The molecule has 1 fully saturated rings. The maximum absolute atomic E-state index is 11.9. The molecule has 3 N–H and O–H groups in total. The van der Waals surface area contributed by atoms with Gasteiger partial charge in [-0.2, -0.15) is 4.98 Å². The van der Waals surface area contributed by atoms with E-state index in [-0.39, 0.29) is 0 Å². The lowest BCUT2D eigenvalue weighted by atomic mass is 10.1. The zero-order valence-electron chi connectivity index (χ0n) is 10.6. The molecule has 2 heterocycles. The third-order valence-electron chi connectivity index (χ3n) is 3.07. The number of ether oxygens (including phenoxy) is 1. The number of thioether (sulfide) groups is 1. The summed E-state index contributed by atoms with van der Waals surface area (Å²) in [4.78, 5) is 15.8. The van der Waals surface area contributed by atoms with Crippen LogP contribution in [0.25, 0.3) is 0 Å². The molecule has 1 aliphatic rings. The Morgan fingerprint density at radius 1 is 1.47 bits per heavy atom. The SMILES string of the molecule is CSc1nc(=O)n([C@@H]2O[C@H](CO)[C@@H](O)[C@H]2O)cc1C. The maximum atomic E-state index is 11.9. The van der Waals surface area contributed by atoms with E-state index in [1.54, 1.807) is 6.92 Å². The molecule has 1 saturated heterocycles. The lowest BCUT2D eigenvalue weighted by Gasteiger charge is -2.18. The topological polar surface area (TPSA) is 105 Å². The van der Waals surface area contributed by atoms with Gasteiger partial charge in [-0.15, -0.1) is 11.8 Å². The standard InChI is InChI=1S/C11H16N2O5S/c1-5-3-13(11(17)12-9(5)19-2)10-8(16)7(15)6(4-14)18-10/h3,6-8,10,14-16H,4H2,1-2H3/t6-,7-,8-,10-/m1/s1. The average molecular weight is 288 g/mol. The van der Waals surface area contributed by atoms with Gasteiger partial charge in [-0.3, -0.25) is 4.57 Å². The van der Waals surface area contributed by atoms with Crippen LogP contribution in [0.2, 0.25) is 0 Å². The zero-order chi connectivity index (χ0) is 14.2. The summed E-state index contributed by atoms with van der Waals surface area (Å²) in [6.07, 6.45) is -1.12. The van der Waals surface area contributed by atoms with Crippen molar-refractivity contribution in [3.05, 3.63) is 22.2 Å². The van der Waals surface area contributed by atoms with Gasteiger partial charge >= 0.3 is 5.69 Å². The normalized spacial score (nSPS) is 30.8. The van der Waals surface area contributed by atoms with Crippen molar-refractivity contribution in [1.29, 1.82) is 0 Å². The molecule has 7 nitrogen and oxygen atoms in total. The van der Waals surface area contributed by atoms with Crippen LogP contribution in [0.1, 0.15) is 11.8 Å². The molecule has 4 atom stereocenters. The first-order valence-corrected chi connectivity index (χ1v) is 6.98. The predicted octanol–water partition coefficient (Wildman–Crippen LogP) is -1.11. The molecule has 1 aromatic rings. The Kier molecular flexibility index (Phi) is 4.26. The highest BCUT2D eigenvalue weighted by atomic mass is 32.2. The third-order valence-corrected chi connectivity index (χ3v) is 3.87. The van der Waals surface area contributed by atoms with Gasteiger partial charge in [0.05, 0.1) is 6.61 Å². The van der Waals surface area contributed by atoms with Crippen molar-refractivity contribution in [2.75, 3.05) is 12.9 Å². The molecule has 1 aromatic heterocycles. The van der Waals surface area contributed by atoms with Crippen LogP contribution < -0.4 is 5.69 Å². The fourth-order valence-electron chi connectivity index (χ4n) is 2.05. The van der Waals surface area contributed by atoms with E-state index in [0.717, 1.165) is 10.1 Å². The van der Waals surface area contributed by atoms with Crippen molar-refractivity contribution in [1.82, 2.24) is 9.55 Å². The maximum Gasteiger partial charge on any atom is 0.350 e. The monoisotopic (exact) mass is 288 g/mol. The Balaban J connectivity index is 2.38. The number of hydrogen-bond acceptors (Lipinski definition) is 7. The van der Waals surface area contributed by atoms with Crippen molar-refractivity contribution in [3.8, 4) is 0 Å². The van der Waals surface area contributed by atoms with Gasteiger partial charge in [0.15, 0.2) is 6.23 Å². The van der Waals surface area contributed by atoms with Crippen molar-refractivity contribution in [2.24, 2.45) is 0 Å². The van der Waals surface area contributed by atoms with Crippen LogP contribution >= 0.6 is 11.8 Å². The van der Waals surface area contributed by atoms with Gasteiger partial charge in [0.2, 0.25) is 0 Å². The first kappa shape index (κ1) is 14.5. The summed E-state index contributed by atoms with van der Waals surface area (Å²) in [5.74, 6) is 0. The van der Waals surface area contributed by atoms with Crippen molar-refractivity contribution >= 4 is 11.8 Å². The van der Waals surface area contributed by atoms with Crippen molar-refractivity contribution in [3.63, 3.8) is 0 Å². The van der Waals surface area contributed by atoms with E-state index in [9.17, 15) is 15.0 Å². The van der Waals surface area contributed by atoms with Crippen LogP contribution in [-0.2, 0) is 4.74 Å². The molecule has 19 heavy (non-hydrogen) atoms. The molecule has 8 heteroatoms. The fraction of sp³-hybridized carbons (Fsp3) is 0.636. The summed E-state index contributed by atoms with van der Waals surface area (Å²) >= 11 is 1.35. The number of aryl methyl sites for hydroxylation is 1. The lowest BCUT2D eigenvalue weighted by Crippen LogP contribution is -2.36. The van der Waals surface area contributed by atoms with E-state index in [2.05, 4.69) is 4.98 Å². The van der Waals surface area contributed by atoms with Crippen LogP contribution in [-0.4, -0.2) is 56.0 Å². The van der Waals surface area contributed by atoms with E-state index in [1.165, 1.54) is 18.0 Å². The van der Waals surface area contributed by atoms with E-state index < -0.39 is 36.8 Å². The predicted molar refractivity (Wildman–Crippen MR) is 68.0 cm³/mol. The Morgan fingerprint density at radius 3 is 2.68 bits per heavy atom. The Hall–Kier alpha value is -0.930. The van der Waals surface area contributed by atoms with E-state index >= 15 is 0 Å². The van der Waals surface area contributed by atoms with Crippen LogP contribution in [0, 0.1) is 6.92 Å². The molecule has 2 rings (SSSR count). The minimum atomic E-state index is -1.28. The van der Waals surface area contributed by atoms with Crippen molar-refractivity contribution < 1.29 is 20.1 Å². The molecule has 0 aliphatic carbocycles. The first-order valence-electron chi connectivity index (χ1n) is 5.75. The van der Waals surface area contributed by atoms with E-state index in [0.29, 0.717) is 5.03 Å².